The van der Waals surface area contributed by atoms with Crippen molar-refractivity contribution < 1.29 is 14.3 Å². The Hall–Kier alpha value is -1.46. The quantitative estimate of drug-likeness (QED) is 0.744. The number of nitrogens with one attached hydrogen (secondary N) is 1. The van der Waals surface area contributed by atoms with Crippen LogP contribution in [0, 0.1) is 11.7 Å². The normalized spacial score (nSPS) is 15.2. The third-order valence-electron chi connectivity index (χ3n) is 3.26. The van der Waals surface area contributed by atoms with E-state index in [-0.39, 0.29) is 17.8 Å². The monoisotopic (exact) mass is 282 g/mol. The average Bonchev–Trinajstić information content (AvgIpc) is 2.29. The second kappa shape index (κ2) is 6.33. The molecule has 1 rings (SSSR count). The summed E-state index contributed by atoms with van der Waals surface area (Å²) >= 11 is 0. The van der Waals surface area contributed by atoms with Crippen LogP contribution in [-0.2, 0) is 4.79 Å². The molecule has 0 fully saturated rings. The highest BCUT2D eigenvalue weighted by Gasteiger charge is 2.33. The maximum absolute atomic E-state index is 13.0. The highest BCUT2D eigenvalue weighted by molar-refractivity contribution is 5.81. The second-order valence-electron chi connectivity index (χ2n) is 5.93. The van der Waals surface area contributed by atoms with E-state index in [0.29, 0.717) is 5.56 Å². The Morgan fingerprint density at radius 3 is 2.15 bits per heavy atom. The van der Waals surface area contributed by atoms with Gasteiger partial charge in [-0.2, -0.15) is 0 Å². The van der Waals surface area contributed by atoms with Crippen molar-refractivity contribution in [3.63, 3.8) is 0 Å². The van der Waals surface area contributed by atoms with E-state index in [2.05, 4.69) is 5.32 Å². The lowest BCUT2D eigenvalue weighted by molar-refractivity contribution is -0.121. The molecule has 4 nitrogen and oxygen atoms in total. The van der Waals surface area contributed by atoms with E-state index in [4.69, 9.17) is 5.73 Å². The fourth-order valence-corrected chi connectivity index (χ4v) is 2.39. The van der Waals surface area contributed by atoms with Crippen molar-refractivity contribution in [1.82, 2.24) is 5.32 Å². The fourth-order valence-electron chi connectivity index (χ4n) is 2.39. The molecule has 1 aromatic carbocycles. The molecule has 20 heavy (non-hydrogen) atoms. The van der Waals surface area contributed by atoms with Crippen LogP contribution in [0.25, 0.3) is 0 Å². The molecule has 0 aliphatic rings. The molecule has 0 bridgehead atoms. The molecule has 0 heterocycles. The summed E-state index contributed by atoms with van der Waals surface area (Å²) in [7, 11) is 0. The van der Waals surface area contributed by atoms with Crippen LogP contribution in [-0.4, -0.2) is 22.7 Å². The molecule has 0 saturated heterocycles. The van der Waals surface area contributed by atoms with Gasteiger partial charge in [0.15, 0.2) is 0 Å². The van der Waals surface area contributed by atoms with Gasteiger partial charge in [-0.25, -0.2) is 4.39 Å². The zero-order valence-electron chi connectivity index (χ0n) is 12.4. The van der Waals surface area contributed by atoms with Crippen molar-refractivity contribution in [3.05, 3.63) is 35.6 Å². The first-order chi connectivity index (χ1) is 9.12. The first kappa shape index (κ1) is 16.6. The van der Waals surface area contributed by atoms with Gasteiger partial charge in [-0.1, -0.05) is 26.0 Å². The van der Waals surface area contributed by atoms with E-state index in [1.807, 2.05) is 13.8 Å². The van der Waals surface area contributed by atoms with Crippen LogP contribution in [0.3, 0.4) is 0 Å². The Kier molecular flexibility index (Phi) is 5.25. The molecule has 0 aliphatic heterocycles. The molecule has 112 valence electrons. The van der Waals surface area contributed by atoms with Gasteiger partial charge >= 0.3 is 0 Å². The Bertz CT molecular complexity index is 452. The molecule has 4 N–H and O–H groups in total. The Morgan fingerprint density at radius 2 is 1.80 bits per heavy atom. The van der Waals surface area contributed by atoms with Crippen molar-refractivity contribution in [2.75, 3.05) is 0 Å². The van der Waals surface area contributed by atoms with Gasteiger partial charge in [-0.3, -0.25) is 10.1 Å². The van der Waals surface area contributed by atoms with Gasteiger partial charge in [-0.05, 0) is 37.5 Å². The van der Waals surface area contributed by atoms with Gasteiger partial charge < -0.3 is 10.8 Å². The predicted molar refractivity (Wildman–Crippen MR) is 76.4 cm³/mol. The number of amides is 1. The molecule has 5 heteroatoms. The first-order valence-electron chi connectivity index (χ1n) is 6.66. The van der Waals surface area contributed by atoms with Crippen molar-refractivity contribution in [1.29, 1.82) is 0 Å². The van der Waals surface area contributed by atoms with Gasteiger partial charge in [0.05, 0.1) is 5.60 Å². The number of hydrogen-bond acceptors (Lipinski definition) is 3. The van der Waals surface area contributed by atoms with Gasteiger partial charge in [-0.15, -0.1) is 0 Å². The average molecular weight is 282 g/mol. The summed E-state index contributed by atoms with van der Waals surface area (Å²) in [6.45, 7) is 7.23. The maximum Gasteiger partial charge on any atom is 0.239 e. The lowest BCUT2D eigenvalue weighted by atomic mass is 9.88. The Morgan fingerprint density at radius 1 is 1.30 bits per heavy atom. The minimum atomic E-state index is -1.01. The van der Waals surface area contributed by atoms with Crippen molar-refractivity contribution >= 4 is 5.91 Å². The zero-order valence-corrected chi connectivity index (χ0v) is 12.4. The number of rotatable bonds is 6. The minimum Gasteiger partial charge on any atom is -0.389 e. The number of nitrogens with two attached hydrogens (primary N) is 1. The van der Waals surface area contributed by atoms with Crippen LogP contribution in [0.1, 0.15) is 39.3 Å². The van der Waals surface area contributed by atoms with Gasteiger partial charge in [0, 0.05) is 6.04 Å². The van der Waals surface area contributed by atoms with Crippen LogP contribution >= 0.6 is 0 Å². The molecular formula is C15H23FN2O2. The van der Waals surface area contributed by atoms with Crippen LogP contribution in [0.2, 0.25) is 0 Å². The molecule has 0 aliphatic carbocycles. The third kappa shape index (κ3) is 4.28. The molecule has 0 saturated carbocycles. The number of hydrogen-bond donors (Lipinski definition) is 3. The van der Waals surface area contributed by atoms with Gasteiger partial charge in [0.1, 0.15) is 11.9 Å². The molecule has 0 radical (unpaired) electrons. The number of halogens is 1. The first-order valence-corrected chi connectivity index (χ1v) is 6.66. The molecule has 1 amide bonds. The van der Waals surface area contributed by atoms with E-state index >= 15 is 0 Å². The summed E-state index contributed by atoms with van der Waals surface area (Å²) in [5.74, 6) is -0.844. The van der Waals surface area contributed by atoms with Crippen molar-refractivity contribution in [3.8, 4) is 0 Å². The number of carbonyl (C=O) groups is 1. The lowest BCUT2D eigenvalue weighted by Crippen LogP contribution is -2.53. The van der Waals surface area contributed by atoms with E-state index in [9.17, 15) is 14.3 Å². The van der Waals surface area contributed by atoms with Gasteiger partial charge in [0.25, 0.3) is 0 Å². The summed E-state index contributed by atoms with van der Waals surface area (Å²) in [4.78, 5) is 11.7. The highest BCUT2D eigenvalue weighted by atomic mass is 19.1. The van der Waals surface area contributed by atoms with Gasteiger partial charge in [0.2, 0.25) is 5.91 Å². The standard InChI is InChI=1S/C15H23FN2O2/c1-9(2)13(15(3,4)20)18-12(14(17)19)10-5-7-11(16)8-6-10/h5-9,12-13,18,20H,1-4H3,(H2,17,19)/t12-,13-/m0/s1. The SMILES string of the molecule is CC(C)[C@H](N[C@H](C(N)=O)c1ccc(F)cc1)C(C)(C)O. The van der Waals surface area contributed by atoms with Crippen molar-refractivity contribution in [2.45, 2.75) is 45.4 Å². The summed E-state index contributed by atoms with van der Waals surface area (Å²) in [5, 5.41) is 13.3. The van der Waals surface area contributed by atoms with E-state index in [1.54, 1.807) is 13.8 Å². The fraction of sp³-hybridized carbons (Fsp3) is 0.533. The summed E-state index contributed by atoms with van der Waals surface area (Å²) < 4.78 is 13.0. The van der Waals surface area contributed by atoms with Crippen molar-refractivity contribution in [2.24, 2.45) is 11.7 Å². The van der Waals surface area contributed by atoms with E-state index in [1.165, 1.54) is 24.3 Å². The maximum atomic E-state index is 13.0. The Labute approximate surface area is 119 Å². The number of primary amides is 1. The van der Waals surface area contributed by atoms with Crippen LogP contribution < -0.4 is 11.1 Å². The van der Waals surface area contributed by atoms with Crippen LogP contribution in [0.15, 0.2) is 24.3 Å². The summed E-state index contributed by atoms with van der Waals surface area (Å²) in [5.41, 5.74) is 4.99. The summed E-state index contributed by atoms with van der Waals surface area (Å²) in [6, 6.07) is 4.49. The molecule has 2 atom stereocenters. The second-order valence-corrected chi connectivity index (χ2v) is 5.93. The summed E-state index contributed by atoms with van der Waals surface area (Å²) in [6.07, 6.45) is 0. The Balaban J connectivity index is 3.03. The largest absolute Gasteiger partial charge is 0.389 e. The number of aliphatic hydroxyl groups is 1. The number of benzene rings is 1. The van der Waals surface area contributed by atoms with E-state index < -0.39 is 17.6 Å². The molecule has 1 aromatic rings. The number of carbonyl (C=O) groups excluding carboxylic acids is 1. The smallest absolute Gasteiger partial charge is 0.239 e. The molecule has 0 aromatic heterocycles. The minimum absolute atomic E-state index is 0.0947. The van der Waals surface area contributed by atoms with Crippen LogP contribution in [0.4, 0.5) is 4.39 Å². The molecule has 0 spiro atoms. The topological polar surface area (TPSA) is 75.3 Å². The predicted octanol–water partition coefficient (Wildman–Crippen LogP) is 1.74. The molecule has 0 unspecified atom stereocenters. The van der Waals surface area contributed by atoms with E-state index in [0.717, 1.165) is 0 Å². The molecular weight excluding hydrogens is 259 g/mol. The lowest BCUT2D eigenvalue weighted by Gasteiger charge is -2.36. The van der Waals surface area contributed by atoms with Crippen LogP contribution in [0.5, 0.6) is 0 Å². The third-order valence-corrected chi connectivity index (χ3v) is 3.26. The highest BCUT2D eigenvalue weighted by Crippen LogP contribution is 2.22. The zero-order chi connectivity index (χ0) is 15.5.